The maximum atomic E-state index is 5.39. The van der Waals surface area contributed by atoms with E-state index >= 15 is 0 Å². The molecule has 0 saturated carbocycles. The van der Waals surface area contributed by atoms with Crippen LogP contribution in [-0.4, -0.2) is 41.8 Å². The van der Waals surface area contributed by atoms with E-state index in [4.69, 9.17) is 4.74 Å². The molecule has 1 saturated heterocycles. The predicted octanol–water partition coefficient (Wildman–Crippen LogP) is 1.98. The Labute approximate surface area is 121 Å². The Morgan fingerprint density at radius 1 is 1.25 bits per heavy atom. The minimum Gasteiger partial charge on any atom is -0.381 e. The molecule has 0 aliphatic carbocycles. The third kappa shape index (κ3) is 4.42. The van der Waals surface area contributed by atoms with Crippen LogP contribution in [0.25, 0.3) is 0 Å². The second-order valence-electron chi connectivity index (χ2n) is 6.45. The topological polar surface area (TPSA) is 50.3 Å². The number of ether oxygens (including phenoxy) is 1. The van der Waals surface area contributed by atoms with Gasteiger partial charge in [0.15, 0.2) is 0 Å². The van der Waals surface area contributed by atoms with Gasteiger partial charge in [0, 0.05) is 56.3 Å². The molecule has 2 heterocycles. The molecular formula is C15H26N4O. The van der Waals surface area contributed by atoms with Crippen LogP contribution in [0.15, 0.2) is 12.4 Å². The first-order chi connectivity index (χ1) is 9.46. The molecule has 1 fully saturated rings. The molecule has 0 atom stereocenters. The van der Waals surface area contributed by atoms with Gasteiger partial charge in [0.2, 0.25) is 5.95 Å². The molecule has 20 heavy (non-hydrogen) atoms. The summed E-state index contributed by atoms with van der Waals surface area (Å²) < 4.78 is 5.39. The van der Waals surface area contributed by atoms with Gasteiger partial charge in [-0.05, 0) is 33.6 Å². The van der Waals surface area contributed by atoms with Crippen molar-refractivity contribution in [3.63, 3.8) is 0 Å². The van der Waals surface area contributed by atoms with Crippen molar-refractivity contribution in [1.82, 2.24) is 15.3 Å². The summed E-state index contributed by atoms with van der Waals surface area (Å²) in [4.78, 5) is 11.1. The lowest BCUT2D eigenvalue weighted by Crippen LogP contribution is -2.37. The van der Waals surface area contributed by atoms with Crippen LogP contribution in [-0.2, 0) is 11.3 Å². The van der Waals surface area contributed by atoms with Crippen molar-refractivity contribution in [3.05, 3.63) is 18.0 Å². The van der Waals surface area contributed by atoms with Gasteiger partial charge in [0.05, 0.1) is 0 Å². The Bertz CT molecular complexity index is 407. The normalized spacial score (nSPS) is 17.2. The van der Waals surface area contributed by atoms with Gasteiger partial charge >= 0.3 is 0 Å². The van der Waals surface area contributed by atoms with Gasteiger partial charge in [0.25, 0.3) is 0 Å². The Hall–Kier alpha value is -1.20. The quantitative estimate of drug-likeness (QED) is 0.912. The monoisotopic (exact) mass is 278 g/mol. The second-order valence-corrected chi connectivity index (χ2v) is 6.45. The lowest BCUT2D eigenvalue weighted by Gasteiger charge is -2.31. The van der Waals surface area contributed by atoms with E-state index in [2.05, 4.69) is 48.0 Å². The van der Waals surface area contributed by atoms with Crippen LogP contribution in [0.1, 0.15) is 39.2 Å². The van der Waals surface area contributed by atoms with E-state index in [9.17, 15) is 0 Å². The minimum absolute atomic E-state index is 0.109. The first-order valence-corrected chi connectivity index (χ1v) is 7.32. The van der Waals surface area contributed by atoms with E-state index in [-0.39, 0.29) is 5.54 Å². The van der Waals surface area contributed by atoms with Gasteiger partial charge in [-0.25, -0.2) is 9.97 Å². The third-order valence-corrected chi connectivity index (χ3v) is 3.57. The Morgan fingerprint density at radius 2 is 1.85 bits per heavy atom. The summed E-state index contributed by atoms with van der Waals surface area (Å²) in [5.74, 6) is 0.802. The van der Waals surface area contributed by atoms with Crippen LogP contribution in [0.3, 0.4) is 0 Å². The number of anilines is 1. The van der Waals surface area contributed by atoms with Gasteiger partial charge in [-0.3, -0.25) is 0 Å². The highest BCUT2D eigenvalue weighted by Gasteiger charge is 2.20. The number of nitrogens with zero attached hydrogens (tertiary/aromatic N) is 3. The molecule has 0 amide bonds. The summed E-state index contributed by atoms with van der Waals surface area (Å²) in [6.07, 6.45) is 5.92. The van der Waals surface area contributed by atoms with E-state index in [1.807, 2.05) is 12.4 Å². The Balaban J connectivity index is 1.93. The number of aromatic nitrogens is 2. The van der Waals surface area contributed by atoms with E-state index in [0.717, 1.165) is 44.1 Å². The summed E-state index contributed by atoms with van der Waals surface area (Å²) in [5, 5.41) is 3.44. The van der Waals surface area contributed by atoms with Gasteiger partial charge in [-0.2, -0.15) is 0 Å². The molecule has 1 aromatic rings. The minimum atomic E-state index is 0.109. The lowest BCUT2D eigenvalue weighted by atomic mass is 10.1. The molecule has 1 N–H and O–H groups in total. The Morgan fingerprint density at radius 3 is 2.40 bits per heavy atom. The highest BCUT2D eigenvalue weighted by atomic mass is 16.5. The Kier molecular flexibility index (Phi) is 4.94. The molecule has 0 spiro atoms. The molecular weight excluding hydrogens is 252 g/mol. The van der Waals surface area contributed by atoms with Crippen molar-refractivity contribution >= 4 is 5.95 Å². The number of rotatable bonds is 4. The summed E-state index contributed by atoms with van der Waals surface area (Å²) >= 11 is 0. The molecule has 0 bridgehead atoms. The molecule has 112 valence electrons. The maximum Gasteiger partial charge on any atom is 0.225 e. The van der Waals surface area contributed by atoms with Crippen molar-refractivity contribution in [3.8, 4) is 0 Å². The number of hydrogen-bond acceptors (Lipinski definition) is 5. The molecule has 0 radical (unpaired) electrons. The van der Waals surface area contributed by atoms with Crippen LogP contribution in [0, 0.1) is 0 Å². The van der Waals surface area contributed by atoms with E-state index in [1.165, 1.54) is 0 Å². The molecule has 5 nitrogen and oxygen atoms in total. The van der Waals surface area contributed by atoms with Crippen LogP contribution in [0.2, 0.25) is 0 Å². The van der Waals surface area contributed by atoms with Gasteiger partial charge in [0.1, 0.15) is 0 Å². The van der Waals surface area contributed by atoms with E-state index < -0.39 is 0 Å². The highest BCUT2D eigenvalue weighted by molar-refractivity contribution is 5.30. The zero-order chi connectivity index (χ0) is 14.6. The smallest absolute Gasteiger partial charge is 0.225 e. The summed E-state index contributed by atoms with van der Waals surface area (Å²) in [7, 11) is 2.07. The van der Waals surface area contributed by atoms with Crippen LogP contribution < -0.4 is 10.2 Å². The van der Waals surface area contributed by atoms with Crippen molar-refractivity contribution in [1.29, 1.82) is 0 Å². The molecule has 0 unspecified atom stereocenters. The van der Waals surface area contributed by atoms with Crippen molar-refractivity contribution < 1.29 is 4.74 Å². The van der Waals surface area contributed by atoms with Gasteiger partial charge in [-0.1, -0.05) is 0 Å². The highest BCUT2D eigenvalue weighted by Crippen LogP contribution is 2.17. The summed E-state index contributed by atoms with van der Waals surface area (Å²) in [6.45, 7) is 8.93. The van der Waals surface area contributed by atoms with E-state index in [0.29, 0.717) is 6.04 Å². The number of nitrogens with one attached hydrogen (secondary N) is 1. The predicted molar refractivity (Wildman–Crippen MR) is 80.9 cm³/mol. The van der Waals surface area contributed by atoms with Crippen molar-refractivity contribution in [2.24, 2.45) is 0 Å². The van der Waals surface area contributed by atoms with Crippen molar-refractivity contribution in [2.75, 3.05) is 25.2 Å². The number of hydrogen-bond donors (Lipinski definition) is 1. The first kappa shape index (κ1) is 15.2. The zero-order valence-corrected chi connectivity index (χ0v) is 13.0. The average Bonchev–Trinajstić information content (AvgIpc) is 2.45. The fourth-order valence-corrected chi connectivity index (χ4v) is 2.22. The zero-order valence-electron chi connectivity index (χ0n) is 13.0. The molecule has 1 aliphatic heterocycles. The molecule has 5 heteroatoms. The van der Waals surface area contributed by atoms with Gasteiger partial charge < -0.3 is 15.0 Å². The van der Waals surface area contributed by atoms with Gasteiger partial charge in [-0.15, -0.1) is 0 Å². The fraction of sp³-hybridized carbons (Fsp3) is 0.733. The fourth-order valence-electron chi connectivity index (χ4n) is 2.22. The second kappa shape index (κ2) is 6.50. The largest absolute Gasteiger partial charge is 0.381 e. The first-order valence-electron chi connectivity index (χ1n) is 7.32. The van der Waals surface area contributed by atoms with Crippen LogP contribution in [0.5, 0.6) is 0 Å². The summed E-state index contributed by atoms with van der Waals surface area (Å²) in [5.41, 5.74) is 1.22. The maximum absolute atomic E-state index is 5.39. The molecule has 0 aromatic carbocycles. The third-order valence-electron chi connectivity index (χ3n) is 3.57. The molecule has 1 aromatic heterocycles. The van der Waals surface area contributed by atoms with Crippen LogP contribution >= 0.6 is 0 Å². The lowest BCUT2D eigenvalue weighted by molar-refractivity contribution is 0.0852. The molecule has 1 aliphatic rings. The molecule has 2 rings (SSSR count). The van der Waals surface area contributed by atoms with E-state index in [1.54, 1.807) is 0 Å². The SMILES string of the molecule is CN(c1ncc(CNC(C)(C)C)cn1)C1CCOCC1. The average molecular weight is 278 g/mol. The van der Waals surface area contributed by atoms with Crippen molar-refractivity contribution in [2.45, 2.75) is 51.7 Å². The van der Waals surface area contributed by atoms with Crippen LogP contribution in [0.4, 0.5) is 5.95 Å². The summed E-state index contributed by atoms with van der Waals surface area (Å²) in [6, 6.07) is 0.488. The standard InChI is InChI=1S/C15H26N4O/c1-15(2,3)18-11-12-9-16-14(17-10-12)19(4)13-5-7-20-8-6-13/h9-10,13,18H,5-8,11H2,1-4H3.